The molecule has 1 aliphatic rings. The van der Waals surface area contributed by atoms with Crippen LogP contribution in [0.25, 0.3) is 0 Å². The number of nitrogens with zero attached hydrogens (tertiary/aromatic N) is 1. The van der Waals surface area contributed by atoms with E-state index in [0.717, 1.165) is 0 Å². The van der Waals surface area contributed by atoms with Gasteiger partial charge in [0.05, 0.1) is 19.8 Å². The summed E-state index contributed by atoms with van der Waals surface area (Å²) in [4.78, 5) is 13.9. The minimum absolute atomic E-state index is 0.0620. The number of ether oxygens (including phenoxy) is 1. The summed E-state index contributed by atoms with van der Waals surface area (Å²) in [5, 5.41) is 2.67. The first-order valence-electron chi connectivity index (χ1n) is 6.26. The fraction of sp³-hybridized carbons (Fsp3) is 0.462. The van der Waals surface area contributed by atoms with Gasteiger partial charge in [-0.05, 0) is 18.2 Å². The summed E-state index contributed by atoms with van der Waals surface area (Å²) in [6.45, 7) is 2.51. The van der Waals surface area contributed by atoms with Crippen LogP contribution in [0, 0.1) is 5.82 Å². The van der Waals surface area contributed by atoms with Crippen molar-refractivity contribution >= 4 is 11.6 Å². The van der Waals surface area contributed by atoms with Gasteiger partial charge in [-0.2, -0.15) is 0 Å². The first-order valence-corrected chi connectivity index (χ1v) is 6.26. The van der Waals surface area contributed by atoms with Crippen molar-refractivity contribution < 1.29 is 13.9 Å². The molecule has 0 saturated carbocycles. The summed E-state index contributed by atoms with van der Waals surface area (Å²) >= 11 is 0. The molecule has 5 nitrogen and oxygen atoms in total. The van der Waals surface area contributed by atoms with Crippen molar-refractivity contribution in [2.75, 3.05) is 38.2 Å². The number of morpholine rings is 1. The van der Waals surface area contributed by atoms with Gasteiger partial charge in [-0.3, -0.25) is 9.69 Å². The minimum atomic E-state index is -0.371. The lowest BCUT2D eigenvalue weighted by Crippen LogP contribution is -2.51. The van der Waals surface area contributed by atoms with Gasteiger partial charge in [0, 0.05) is 24.8 Å². The van der Waals surface area contributed by atoms with E-state index in [2.05, 4.69) is 5.32 Å². The smallest absolute Gasteiger partial charge is 0.238 e. The van der Waals surface area contributed by atoms with Gasteiger partial charge in [-0.15, -0.1) is 0 Å². The van der Waals surface area contributed by atoms with Crippen molar-refractivity contribution in [3.8, 4) is 0 Å². The third kappa shape index (κ3) is 3.99. The third-order valence-electron chi connectivity index (χ3n) is 3.08. The molecule has 1 aliphatic heterocycles. The average Bonchev–Trinajstić information content (AvgIpc) is 2.39. The van der Waals surface area contributed by atoms with Crippen molar-refractivity contribution in [3.63, 3.8) is 0 Å². The number of hydrogen-bond acceptors (Lipinski definition) is 4. The lowest BCUT2D eigenvalue weighted by molar-refractivity contribution is -0.119. The molecule has 3 N–H and O–H groups in total. The van der Waals surface area contributed by atoms with Gasteiger partial charge in [-0.1, -0.05) is 6.07 Å². The van der Waals surface area contributed by atoms with Crippen LogP contribution in [0.5, 0.6) is 0 Å². The van der Waals surface area contributed by atoms with Crippen molar-refractivity contribution in [1.82, 2.24) is 4.90 Å². The van der Waals surface area contributed by atoms with E-state index in [4.69, 9.17) is 10.5 Å². The average molecular weight is 267 g/mol. The highest BCUT2D eigenvalue weighted by atomic mass is 19.1. The topological polar surface area (TPSA) is 67.6 Å². The Balaban J connectivity index is 1.90. The van der Waals surface area contributed by atoms with Crippen LogP contribution in [0.4, 0.5) is 10.1 Å². The van der Waals surface area contributed by atoms with Gasteiger partial charge in [0.2, 0.25) is 5.91 Å². The molecular weight excluding hydrogens is 249 g/mol. The molecule has 1 aromatic carbocycles. The standard InChI is InChI=1S/C13H18FN3O2/c14-10-2-1-3-11(6-10)16-13(18)8-17-4-5-19-9-12(17)7-15/h1-3,6,12H,4-5,7-9,15H2,(H,16,18). The van der Waals surface area contributed by atoms with E-state index in [1.807, 2.05) is 4.90 Å². The van der Waals surface area contributed by atoms with E-state index < -0.39 is 0 Å². The van der Waals surface area contributed by atoms with E-state index in [-0.39, 0.29) is 24.3 Å². The monoisotopic (exact) mass is 267 g/mol. The number of benzene rings is 1. The van der Waals surface area contributed by atoms with Crippen molar-refractivity contribution in [2.45, 2.75) is 6.04 Å². The number of halogens is 1. The van der Waals surface area contributed by atoms with Crippen LogP contribution in [0.15, 0.2) is 24.3 Å². The first-order chi connectivity index (χ1) is 9.19. The molecule has 0 radical (unpaired) electrons. The summed E-state index contributed by atoms with van der Waals surface area (Å²) in [5.41, 5.74) is 6.10. The van der Waals surface area contributed by atoms with Crippen molar-refractivity contribution in [3.05, 3.63) is 30.1 Å². The SMILES string of the molecule is NCC1COCCN1CC(=O)Nc1cccc(F)c1. The Morgan fingerprint density at radius 1 is 1.58 bits per heavy atom. The molecule has 1 aromatic rings. The third-order valence-corrected chi connectivity index (χ3v) is 3.08. The maximum absolute atomic E-state index is 13.0. The fourth-order valence-electron chi connectivity index (χ4n) is 2.07. The summed E-state index contributed by atoms with van der Waals surface area (Å²) < 4.78 is 18.3. The number of nitrogens with one attached hydrogen (secondary N) is 1. The molecule has 0 spiro atoms. The summed E-state index contributed by atoms with van der Waals surface area (Å²) in [6, 6.07) is 5.90. The Kier molecular flexibility index (Phi) is 4.84. The largest absolute Gasteiger partial charge is 0.378 e. The molecule has 1 fully saturated rings. The maximum Gasteiger partial charge on any atom is 0.238 e. The van der Waals surface area contributed by atoms with Crippen LogP contribution < -0.4 is 11.1 Å². The van der Waals surface area contributed by atoms with Crippen LogP contribution in [0.3, 0.4) is 0 Å². The molecule has 1 atom stereocenters. The Hall–Kier alpha value is -1.50. The van der Waals surface area contributed by atoms with Crippen LogP contribution in [0.2, 0.25) is 0 Å². The minimum Gasteiger partial charge on any atom is -0.378 e. The highest BCUT2D eigenvalue weighted by Gasteiger charge is 2.23. The second-order valence-corrected chi connectivity index (χ2v) is 4.49. The molecule has 0 bridgehead atoms. The number of amides is 1. The number of carbonyl (C=O) groups is 1. The molecule has 1 unspecified atom stereocenters. The zero-order valence-electron chi connectivity index (χ0n) is 10.6. The Labute approximate surface area is 111 Å². The van der Waals surface area contributed by atoms with Crippen LogP contribution >= 0.6 is 0 Å². The van der Waals surface area contributed by atoms with Gasteiger partial charge in [-0.25, -0.2) is 4.39 Å². The first kappa shape index (κ1) is 13.9. The number of anilines is 1. The second-order valence-electron chi connectivity index (χ2n) is 4.49. The van der Waals surface area contributed by atoms with Crippen molar-refractivity contribution in [1.29, 1.82) is 0 Å². The second kappa shape index (κ2) is 6.60. The quantitative estimate of drug-likeness (QED) is 0.830. The molecule has 0 aliphatic carbocycles. The van der Waals surface area contributed by atoms with Gasteiger partial charge in [0.1, 0.15) is 5.82 Å². The Morgan fingerprint density at radius 3 is 3.16 bits per heavy atom. The lowest BCUT2D eigenvalue weighted by Gasteiger charge is -2.34. The fourth-order valence-corrected chi connectivity index (χ4v) is 2.07. The number of carbonyl (C=O) groups excluding carboxylic acids is 1. The number of rotatable bonds is 4. The molecule has 1 amide bonds. The molecule has 104 valence electrons. The summed E-state index contributed by atoms with van der Waals surface area (Å²) in [5.74, 6) is -0.546. The highest BCUT2D eigenvalue weighted by Crippen LogP contribution is 2.10. The maximum atomic E-state index is 13.0. The summed E-state index contributed by atoms with van der Waals surface area (Å²) in [6.07, 6.45) is 0. The van der Waals surface area contributed by atoms with E-state index in [1.165, 1.54) is 12.1 Å². The predicted molar refractivity (Wildman–Crippen MR) is 70.3 cm³/mol. The van der Waals surface area contributed by atoms with Crippen LogP contribution in [0.1, 0.15) is 0 Å². The van der Waals surface area contributed by atoms with E-state index >= 15 is 0 Å². The number of nitrogens with two attached hydrogens (primary N) is 1. The molecule has 1 saturated heterocycles. The van der Waals surface area contributed by atoms with Crippen LogP contribution in [-0.2, 0) is 9.53 Å². The summed E-state index contributed by atoms with van der Waals surface area (Å²) in [7, 11) is 0. The normalized spacial score (nSPS) is 20.2. The van der Waals surface area contributed by atoms with Gasteiger partial charge in [0.15, 0.2) is 0 Å². The van der Waals surface area contributed by atoms with Crippen molar-refractivity contribution in [2.24, 2.45) is 5.73 Å². The molecule has 0 aromatic heterocycles. The highest BCUT2D eigenvalue weighted by molar-refractivity contribution is 5.92. The molecule has 2 rings (SSSR count). The zero-order valence-corrected chi connectivity index (χ0v) is 10.6. The predicted octanol–water partition coefficient (Wildman–Crippen LogP) is 0.424. The van der Waals surface area contributed by atoms with Gasteiger partial charge >= 0.3 is 0 Å². The number of hydrogen-bond donors (Lipinski definition) is 2. The van der Waals surface area contributed by atoms with E-state index in [0.29, 0.717) is 32.0 Å². The molecule has 1 heterocycles. The Bertz CT molecular complexity index is 442. The van der Waals surface area contributed by atoms with Crippen LogP contribution in [-0.4, -0.2) is 49.7 Å². The Morgan fingerprint density at radius 2 is 2.42 bits per heavy atom. The van der Waals surface area contributed by atoms with E-state index in [9.17, 15) is 9.18 Å². The molecule has 19 heavy (non-hydrogen) atoms. The lowest BCUT2D eigenvalue weighted by atomic mass is 10.2. The van der Waals surface area contributed by atoms with Gasteiger partial charge in [0.25, 0.3) is 0 Å². The zero-order chi connectivity index (χ0) is 13.7. The molecule has 6 heteroatoms. The van der Waals surface area contributed by atoms with E-state index in [1.54, 1.807) is 12.1 Å². The molecular formula is C13H18FN3O2. The van der Waals surface area contributed by atoms with Gasteiger partial charge < -0.3 is 15.8 Å².